The summed E-state index contributed by atoms with van der Waals surface area (Å²) in [6, 6.07) is 4.34. The van der Waals surface area contributed by atoms with E-state index in [2.05, 4.69) is 55.8 Å². The fourth-order valence-corrected chi connectivity index (χ4v) is 1.77. The van der Waals surface area contributed by atoms with E-state index in [0.717, 1.165) is 19.6 Å². The SMILES string of the molecule is CCNc1cc(NCC)c(C)c(NCC)c1. The third-order valence-electron chi connectivity index (χ3n) is 2.52. The van der Waals surface area contributed by atoms with Crippen molar-refractivity contribution in [1.82, 2.24) is 0 Å². The lowest BCUT2D eigenvalue weighted by Gasteiger charge is -2.16. The molecule has 0 fully saturated rings. The van der Waals surface area contributed by atoms with E-state index in [-0.39, 0.29) is 0 Å². The van der Waals surface area contributed by atoms with E-state index in [4.69, 9.17) is 0 Å². The first kappa shape index (κ1) is 12.7. The highest BCUT2D eigenvalue weighted by atomic mass is 14.9. The molecule has 16 heavy (non-hydrogen) atoms. The normalized spacial score (nSPS) is 10.0. The zero-order chi connectivity index (χ0) is 12.0. The van der Waals surface area contributed by atoms with Crippen molar-refractivity contribution in [2.45, 2.75) is 27.7 Å². The molecule has 0 aliphatic rings. The molecule has 0 unspecified atom stereocenters. The standard InChI is InChI=1S/C13H23N3/c1-5-14-11-8-12(15-6-2)10(4)13(9-11)16-7-3/h8-9,14-16H,5-7H2,1-4H3. The summed E-state index contributed by atoms with van der Waals surface area (Å²) in [6.07, 6.45) is 0. The van der Waals surface area contributed by atoms with Gasteiger partial charge in [-0.1, -0.05) is 0 Å². The van der Waals surface area contributed by atoms with E-state index >= 15 is 0 Å². The van der Waals surface area contributed by atoms with Crippen LogP contribution in [0, 0.1) is 6.92 Å². The zero-order valence-electron chi connectivity index (χ0n) is 10.8. The lowest BCUT2D eigenvalue weighted by molar-refractivity contribution is 1.16. The third kappa shape index (κ3) is 3.05. The van der Waals surface area contributed by atoms with E-state index in [1.54, 1.807) is 0 Å². The van der Waals surface area contributed by atoms with Crippen LogP contribution < -0.4 is 16.0 Å². The van der Waals surface area contributed by atoms with Gasteiger partial charge in [0, 0.05) is 36.7 Å². The van der Waals surface area contributed by atoms with Crippen molar-refractivity contribution in [1.29, 1.82) is 0 Å². The van der Waals surface area contributed by atoms with Gasteiger partial charge in [-0.05, 0) is 45.4 Å². The van der Waals surface area contributed by atoms with Crippen molar-refractivity contribution < 1.29 is 0 Å². The summed E-state index contributed by atoms with van der Waals surface area (Å²) < 4.78 is 0. The molecule has 0 bridgehead atoms. The van der Waals surface area contributed by atoms with Crippen molar-refractivity contribution in [3.63, 3.8) is 0 Å². The van der Waals surface area contributed by atoms with Gasteiger partial charge in [0.25, 0.3) is 0 Å². The van der Waals surface area contributed by atoms with Crippen LogP contribution in [0.4, 0.5) is 17.1 Å². The molecule has 3 N–H and O–H groups in total. The number of rotatable bonds is 6. The predicted octanol–water partition coefficient (Wildman–Crippen LogP) is 3.29. The summed E-state index contributed by atoms with van der Waals surface area (Å²) in [5.41, 5.74) is 4.86. The predicted molar refractivity (Wildman–Crippen MR) is 73.7 cm³/mol. The zero-order valence-corrected chi connectivity index (χ0v) is 10.8. The van der Waals surface area contributed by atoms with E-state index in [9.17, 15) is 0 Å². The molecule has 1 aromatic rings. The van der Waals surface area contributed by atoms with Gasteiger partial charge in [0.15, 0.2) is 0 Å². The topological polar surface area (TPSA) is 36.1 Å². The number of nitrogens with one attached hydrogen (secondary N) is 3. The van der Waals surface area contributed by atoms with Crippen LogP contribution >= 0.6 is 0 Å². The first-order valence-electron chi connectivity index (χ1n) is 6.09. The van der Waals surface area contributed by atoms with Gasteiger partial charge in [-0.15, -0.1) is 0 Å². The van der Waals surface area contributed by atoms with Crippen molar-refractivity contribution in [3.05, 3.63) is 17.7 Å². The van der Waals surface area contributed by atoms with Crippen LogP contribution in [-0.2, 0) is 0 Å². The average molecular weight is 221 g/mol. The molecule has 0 atom stereocenters. The smallest absolute Gasteiger partial charge is 0.0411 e. The van der Waals surface area contributed by atoms with E-state index in [1.165, 1.54) is 22.6 Å². The maximum Gasteiger partial charge on any atom is 0.0411 e. The van der Waals surface area contributed by atoms with Crippen LogP contribution in [0.5, 0.6) is 0 Å². The van der Waals surface area contributed by atoms with E-state index in [1.807, 2.05) is 0 Å². The van der Waals surface area contributed by atoms with Gasteiger partial charge in [-0.2, -0.15) is 0 Å². The lowest BCUT2D eigenvalue weighted by atomic mass is 10.1. The molecule has 1 rings (SSSR count). The number of anilines is 3. The monoisotopic (exact) mass is 221 g/mol. The Hall–Kier alpha value is -1.38. The molecule has 90 valence electrons. The van der Waals surface area contributed by atoms with Crippen LogP contribution in [0.1, 0.15) is 26.3 Å². The molecular formula is C13H23N3. The first-order valence-corrected chi connectivity index (χ1v) is 6.09. The molecule has 0 spiro atoms. The highest BCUT2D eigenvalue weighted by molar-refractivity contribution is 5.72. The van der Waals surface area contributed by atoms with Gasteiger partial charge in [-0.25, -0.2) is 0 Å². The fourth-order valence-electron chi connectivity index (χ4n) is 1.77. The van der Waals surface area contributed by atoms with Gasteiger partial charge in [-0.3, -0.25) is 0 Å². The first-order chi connectivity index (χ1) is 7.72. The summed E-state index contributed by atoms with van der Waals surface area (Å²) >= 11 is 0. The molecule has 0 aliphatic heterocycles. The van der Waals surface area contributed by atoms with Gasteiger partial charge in [0.05, 0.1) is 0 Å². The molecule has 0 saturated carbocycles. The largest absolute Gasteiger partial charge is 0.385 e. The summed E-state index contributed by atoms with van der Waals surface area (Å²) in [7, 11) is 0. The minimum atomic E-state index is 0.945. The number of hydrogen-bond donors (Lipinski definition) is 3. The summed E-state index contributed by atoms with van der Waals surface area (Å²) in [5, 5.41) is 10.1. The van der Waals surface area contributed by atoms with E-state index < -0.39 is 0 Å². The quantitative estimate of drug-likeness (QED) is 0.690. The van der Waals surface area contributed by atoms with Crippen LogP contribution in [0.15, 0.2) is 12.1 Å². The second kappa shape index (κ2) is 6.26. The Morgan fingerprint density at radius 2 is 1.25 bits per heavy atom. The summed E-state index contributed by atoms with van der Waals surface area (Å²) in [5.74, 6) is 0. The van der Waals surface area contributed by atoms with Crippen LogP contribution in [0.2, 0.25) is 0 Å². The second-order valence-electron chi connectivity index (χ2n) is 3.79. The van der Waals surface area contributed by atoms with Gasteiger partial charge < -0.3 is 16.0 Å². The molecule has 0 aromatic heterocycles. The maximum absolute atomic E-state index is 3.39. The molecule has 3 nitrogen and oxygen atoms in total. The molecular weight excluding hydrogens is 198 g/mol. The minimum absolute atomic E-state index is 0.945. The van der Waals surface area contributed by atoms with Gasteiger partial charge >= 0.3 is 0 Å². The van der Waals surface area contributed by atoms with Gasteiger partial charge in [0.2, 0.25) is 0 Å². The Bertz CT molecular complexity index is 307. The second-order valence-corrected chi connectivity index (χ2v) is 3.79. The summed E-state index contributed by atoms with van der Waals surface area (Å²) in [4.78, 5) is 0. The summed E-state index contributed by atoms with van der Waals surface area (Å²) in [6.45, 7) is 11.3. The molecule has 0 heterocycles. The Balaban J connectivity index is 3.05. The molecule has 0 amide bonds. The number of hydrogen-bond acceptors (Lipinski definition) is 3. The maximum atomic E-state index is 3.39. The van der Waals surface area contributed by atoms with Crippen molar-refractivity contribution >= 4 is 17.1 Å². The van der Waals surface area contributed by atoms with Crippen LogP contribution in [0.25, 0.3) is 0 Å². The molecule has 0 radical (unpaired) electrons. The van der Waals surface area contributed by atoms with E-state index in [0.29, 0.717) is 0 Å². The minimum Gasteiger partial charge on any atom is -0.385 e. The third-order valence-corrected chi connectivity index (χ3v) is 2.52. The van der Waals surface area contributed by atoms with Crippen molar-refractivity contribution in [3.8, 4) is 0 Å². The fraction of sp³-hybridized carbons (Fsp3) is 0.538. The Morgan fingerprint density at radius 1 is 0.812 bits per heavy atom. The lowest BCUT2D eigenvalue weighted by Crippen LogP contribution is -2.06. The Morgan fingerprint density at radius 3 is 1.62 bits per heavy atom. The van der Waals surface area contributed by atoms with Crippen LogP contribution in [0.3, 0.4) is 0 Å². The average Bonchev–Trinajstić information content (AvgIpc) is 2.26. The Kier molecular flexibility index (Phi) is 4.96. The molecule has 0 saturated heterocycles. The number of benzene rings is 1. The Labute approximate surface area is 98.6 Å². The van der Waals surface area contributed by atoms with Crippen molar-refractivity contribution in [2.75, 3.05) is 35.6 Å². The highest BCUT2D eigenvalue weighted by Crippen LogP contribution is 2.28. The molecule has 3 heteroatoms. The highest BCUT2D eigenvalue weighted by Gasteiger charge is 2.05. The molecule has 1 aromatic carbocycles. The van der Waals surface area contributed by atoms with Crippen LogP contribution in [-0.4, -0.2) is 19.6 Å². The molecule has 0 aliphatic carbocycles. The van der Waals surface area contributed by atoms with Gasteiger partial charge in [0.1, 0.15) is 0 Å². The van der Waals surface area contributed by atoms with Crippen molar-refractivity contribution in [2.24, 2.45) is 0 Å².